The van der Waals surface area contributed by atoms with Crippen molar-refractivity contribution in [2.24, 2.45) is 5.14 Å². The van der Waals surface area contributed by atoms with Gasteiger partial charge in [0.2, 0.25) is 10.0 Å². The fourth-order valence-electron chi connectivity index (χ4n) is 2.49. The summed E-state index contributed by atoms with van der Waals surface area (Å²) in [5.41, 5.74) is 0.917. The molecule has 0 saturated carbocycles. The zero-order valence-electron chi connectivity index (χ0n) is 13.0. The number of fused-ring (bicyclic) bond motifs is 1. The second-order valence-corrected chi connectivity index (χ2v) is 7.34. The molecule has 0 radical (unpaired) electrons. The number of carbonyl (C=O) groups is 1. The van der Waals surface area contributed by atoms with Gasteiger partial charge in [0.25, 0.3) is 0 Å². The van der Waals surface area contributed by atoms with E-state index >= 15 is 0 Å². The molecule has 3 aromatic carbocycles. The lowest BCUT2D eigenvalue weighted by atomic mass is 10.1. The number of hydrogen-bond acceptors (Lipinski definition) is 4. The van der Waals surface area contributed by atoms with Gasteiger partial charge in [-0.1, -0.05) is 54.1 Å². The van der Waals surface area contributed by atoms with E-state index in [1.807, 2.05) is 42.5 Å². The van der Waals surface area contributed by atoms with E-state index in [9.17, 15) is 13.2 Å². The highest BCUT2D eigenvalue weighted by Crippen LogP contribution is 2.23. The van der Waals surface area contributed by atoms with Crippen LogP contribution in [0.3, 0.4) is 0 Å². The lowest BCUT2D eigenvalue weighted by Gasteiger charge is -2.09. The topological polar surface area (TPSA) is 86.5 Å². The molecule has 0 aliphatic rings. The first-order valence-electron chi connectivity index (χ1n) is 7.32. The maximum atomic E-state index is 12.2. The second-order valence-electron chi connectivity index (χ2n) is 5.40. The third-order valence-corrected chi connectivity index (χ3v) is 5.10. The number of esters is 1. The third-order valence-electron chi connectivity index (χ3n) is 3.71. The lowest BCUT2D eigenvalue weighted by Crippen LogP contribution is -2.14. The van der Waals surface area contributed by atoms with Crippen LogP contribution in [-0.2, 0) is 21.4 Å². The summed E-state index contributed by atoms with van der Waals surface area (Å²) in [6.45, 7) is 0.0630. The molecule has 0 aliphatic carbocycles. The van der Waals surface area contributed by atoms with Crippen LogP contribution in [0.25, 0.3) is 10.8 Å². The summed E-state index contributed by atoms with van der Waals surface area (Å²) < 4.78 is 28.3. The van der Waals surface area contributed by atoms with Crippen LogP contribution in [-0.4, -0.2) is 14.4 Å². The minimum Gasteiger partial charge on any atom is -0.457 e. The van der Waals surface area contributed by atoms with Gasteiger partial charge in [0, 0.05) is 0 Å². The average Bonchev–Trinajstić information content (AvgIpc) is 2.59. The Balaban J connectivity index is 1.83. The number of carbonyl (C=O) groups excluding carboxylic acids is 1. The van der Waals surface area contributed by atoms with Gasteiger partial charge in [0.1, 0.15) is 11.5 Å². The van der Waals surface area contributed by atoms with E-state index in [-0.39, 0.29) is 22.1 Å². The molecule has 0 aromatic heterocycles. The van der Waals surface area contributed by atoms with Crippen LogP contribution in [0.1, 0.15) is 15.9 Å². The highest BCUT2D eigenvalue weighted by atomic mass is 35.5. The number of primary sulfonamides is 1. The highest BCUT2D eigenvalue weighted by molar-refractivity contribution is 7.89. The van der Waals surface area contributed by atoms with Crippen LogP contribution < -0.4 is 5.14 Å². The van der Waals surface area contributed by atoms with Gasteiger partial charge in [-0.2, -0.15) is 0 Å². The number of nitrogens with two attached hydrogens (primary N) is 1. The first kappa shape index (κ1) is 17.4. The van der Waals surface area contributed by atoms with Crippen LogP contribution in [0.4, 0.5) is 0 Å². The van der Waals surface area contributed by atoms with Gasteiger partial charge in [-0.25, -0.2) is 18.4 Å². The minimum atomic E-state index is -4.03. The molecule has 5 nitrogen and oxygen atoms in total. The Labute approximate surface area is 150 Å². The van der Waals surface area contributed by atoms with Crippen molar-refractivity contribution in [2.45, 2.75) is 11.5 Å². The van der Waals surface area contributed by atoms with Crippen molar-refractivity contribution in [1.82, 2.24) is 0 Å². The number of sulfonamides is 1. The molecule has 25 heavy (non-hydrogen) atoms. The molecule has 0 bridgehead atoms. The summed E-state index contributed by atoms with van der Waals surface area (Å²) in [6, 6.07) is 17.3. The van der Waals surface area contributed by atoms with E-state index in [1.54, 1.807) is 0 Å². The SMILES string of the molecule is NS(=O)(=O)c1cc(C(=O)OCc2cccc3ccccc23)ccc1Cl. The predicted octanol–water partition coefficient (Wildman–Crippen LogP) is 3.50. The molecule has 0 saturated heterocycles. The first-order valence-corrected chi connectivity index (χ1v) is 9.25. The van der Waals surface area contributed by atoms with Gasteiger partial charge < -0.3 is 4.74 Å². The summed E-state index contributed by atoms with van der Waals surface area (Å²) in [4.78, 5) is 11.9. The fraction of sp³-hybridized carbons (Fsp3) is 0.0556. The Morgan fingerprint density at radius 2 is 1.76 bits per heavy atom. The van der Waals surface area contributed by atoms with Crippen molar-refractivity contribution in [3.8, 4) is 0 Å². The smallest absolute Gasteiger partial charge is 0.338 e. The van der Waals surface area contributed by atoms with Crippen molar-refractivity contribution in [3.63, 3.8) is 0 Å². The molecule has 0 spiro atoms. The van der Waals surface area contributed by atoms with Crippen LogP contribution in [0.15, 0.2) is 65.6 Å². The zero-order chi connectivity index (χ0) is 18.0. The standard InChI is InChI=1S/C18H14ClNO4S/c19-16-9-8-13(10-17(16)25(20,22)23)18(21)24-11-14-6-3-5-12-4-1-2-7-15(12)14/h1-10H,11H2,(H2,20,22,23). The minimum absolute atomic E-state index is 0.0481. The number of hydrogen-bond donors (Lipinski definition) is 1. The van der Waals surface area contributed by atoms with Crippen LogP contribution in [0, 0.1) is 0 Å². The molecule has 0 atom stereocenters. The van der Waals surface area contributed by atoms with E-state index in [0.29, 0.717) is 0 Å². The van der Waals surface area contributed by atoms with E-state index in [2.05, 4.69) is 0 Å². The summed E-state index contributed by atoms with van der Waals surface area (Å²) >= 11 is 5.81. The van der Waals surface area contributed by atoms with Crippen molar-refractivity contribution in [1.29, 1.82) is 0 Å². The average molecular weight is 376 g/mol. The molecule has 2 N–H and O–H groups in total. The molecule has 7 heteroatoms. The molecular weight excluding hydrogens is 362 g/mol. The molecule has 3 aromatic rings. The Hall–Kier alpha value is -2.41. The molecule has 0 fully saturated rings. The summed E-state index contributed by atoms with van der Waals surface area (Å²) in [5.74, 6) is -0.658. The largest absolute Gasteiger partial charge is 0.457 e. The van der Waals surface area contributed by atoms with Crippen molar-refractivity contribution in [2.75, 3.05) is 0 Å². The second kappa shape index (κ2) is 6.84. The maximum absolute atomic E-state index is 12.2. The maximum Gasteiger partial charge on any atom is 0.338 e. The van der Waals surface area contributed by atoms with Crippen LogP contribution in [0.5, 0.6) is 0 Å². The first-order chi connectivity index (χ1) is 11.9. The zero-order valence-corrected chi connectivity index (χ0v) is 14.5. The Morgan fingerprint density at radius 3 is 2.52 bits per heavy atom. The van der Waals surface area contributed by atoms with Gasteiger partial charge >= 0.3 is 5.97 Å². The molecule has 0 amide bonds. The summed E-state index contributed by atoms with van der Waals surface area (Å²) in [7, 11) is -4.03. The van der Waals surface area contributed by atoms with Crippen molar-refractivity contribution in [3.05, 3.63) is 76.8 Å². The van der Waals surface area contributed by atoms with Crippen molar-refractivity contribution < 1.29 is 17.9 Å². The van der Waals surface area contributed by atoms with Crippen LogP contribution in [0.2, 0.25) is 5.02 Å². The van der Waals surface area contributed by atoms with E-state index < -0.39 is 16.0 Å². The number of benzene rings is 3. The molecular formula is C18H14ClNO4S. The van der Waals surface area contributed by atoms with E-state index in [4.69, 9.17) is 21.5 Å². The van der Waals surface area contributed by atoms with Crippen molar-refractivity contribution >= 4 is 38.4 Å². The summed E-state index contributed by atoms with van der Waals surface area (Å²) in [6.07, 6.45) is 0. The molecule has 0 unspecified atom stereocenters. The Bertz CT molecular complexity index is 1060. The fourth-order valence-corrected chi connectivity index (χ4v) is 3.56. The Morgan fingerprint density at radius 1 is 1.04 bits per heavy atom. The quantitative estimate of drug-likeness (QED) is 0.707. The number of ether oxygens (including phenoxy) is 1. The molecule has 0 heterocycles. The van der Waals surface area contributed by atoms with Gasteiger partial charge in [-0.05, 0) is 34.5 Å². The number of rotatable bonds is 4. The lowest BCUT2D eigenvalue weighted by molar-refractivity contribution is 0.0474. The highest BCUT2D eigenvalue weighted by Gasteiger charge is 2.17. The van der Waals surface area contributed by atoms with E-state index in [1.165, 1.54) is 12.1 Å². The molecule has 128 valence electrons. The normalized spacial score (nSPS) is 11.4. The van der Waals surface area contributed by atoms with Crippen LogP contribution >= 0.6 is 11.6 Å². The number of halogens is 1. The monoisotopic (exact) mass is 375 g/mol. The molecule has 3 rings (SSSR count). The predicted molar refractivity (Wildman–Crippen MR) is 95.9 cm³/mol. The third kappa shape index (κ3) is 3.82. The van der Waals surface area contributed by atoms with Gasteiger partial charge in [0.05, 0.1) is 10.6 Å². The van der Waals surface area contributed by atoms with Gasteiger partial charge in [0.15, 0.2) is 0 Å². The Kier molecular flexibility index (Phi) is 4.76. The van der Waals surface area contributed by atoms with Gasteiger partial charge in [-0.3, -0.25) is 0 Å². The molecule has 0 aliphatic heterocycles. The summed E-state index contributed by atoms with van der Waals surface area (Å²) in [5, 5.41) is 7.07. The van der Waals surface area contributed by atoms with E-state index in [0.717, 1.165) is 22.4 Å². The van der Waals surface area contributed by atoms with Gasteiger partial charge in [-0.15, -0.1) is 0 Å².